The minimum Gasteiger partial charge on any atom is -0.310 e. The highest BCUT2D eigenvalue weighted by molar-refractivity contribution is 6.32. The lowest BCUT2D eigenvalue weighted by Crippen LogP contribution is -2.28. The number of carbonyl (C=O) groups excluding carboxylic acids is 1. The maximum absolute atomic E-state index is 12.3. The van der Waals surface area contributed by atoms with Crippen LogP contribution < -0.4 is 5.32 Å². The number of halogens is 1. The summed E-state index contributed by atoms with van der Waals surface area (Å²) in [6.45, 7) is 6.30. The van der Waals surface area contributed by atoms with Gasteiger partial charge in [0.25, 0.3) is 0 Å². The molecule has 1 amide bonds. The van der Waals surface area contributed by atoms with Gasteiger partial charge < -0.3 is 5.32 Å². The van der Waals surface area contributed by atoms with E-state index in [0.717, 1.165) is 30.6 Å². The number of nitrogens with one attached hydrogen (secondary N) is 1. The van der Waals surface area contributed by atoms with Crippen molar-refractivity contribution in [3.05, 3.63) is 41.0 Å². The first-order valence-corrected chi connectivity index (χ1v) is 8.40. The molecule has 3 rings (SSSR count). The number of nitrogens with zero attached hydrogens (tertiary/aromatic N) is 2. The quantitative estimate of drug-likeness (QED) is 0.896. The van der Waals surface area contributed by atoms with Crippen LogP contribution in [0.2, 0.25) is 5.02 Å². The largest absolute Gasteiger partial charge is 0.310 e. The lowest BCUT2D eigenvalue weighted by molar-refractivity contribution is -0.122. The van der Waals surface area contributed by atoms with Gasteiger partial charge in [-0.3, -0.25) is 4.79 Å². The number of benzene rings is 1. The topological polar surface area (TPSA) is 46.9 Å². The lowest BCUT2D eigenvalue weighted by atomic mass is 9.85. The maximum Gasteiger partial charge on any atom is 0.228 e. The predicted octanol–water partition coefficient (Wildman–Crippen LogP) is 4.56. The standard InChI is InChI=1S/C18H22ClN3O/c1-18(2,3)15-11-16(20-17(23)12-7-6-8-12)22(21-15)14-10-5-4-9-13(14)19/h4-5,9-12H,6-8H2,1-3H3,(H,20,23). The second-order valence-corrected chi connectivity index (χ2v) is 7.55. The summed E-state index contributed by atoms with van der Waals surface area (Å²) in [4.78, 5) is 12.3. The van der Waals surface area contributed by atoms with Crippen LogP contribution in [0.3, 0.4) is 0 Å². The SMILES string of the molecule is CC(C)(C)c1cc(NC(=O)C2CCC2)n(-c2ccccc2Cl)n1. The Hall–Kier alpha value is -1.81. The Morgan fingerprint density at radius 3 is 2.57 bits per heavy atom. The fourth-order valence-corrected chi connectivity index (χ4v) is 2.76. The van der Waals surface area contributed by atoms with Gasteiger partial charge in [0.1, 0.15) is 5.82 Å². The molecule has 1 aliphatic carbocycles. The van der Waals surface area contributed by atoms with Gasteiger partial charge in [0.2, 0.25) is 5.91 Å². The first-order chi connectivity index (χ1) is 10.9. The first-order valence-electron chi connectivity index (χ1n) is 8.02. The van der Waals surface area contributed by atoms with Crippen molar-refractivity contribution in [2.75, 3.05) is 5.32 Å². The zero-order chi connectivity index (χ0) is 16.6. The summed E-state index contributed by atoms with van der Waals surface area (Å²) in [5.41, 5.74) is 1.58. The van der Waals surface area contributed by atoms with E-state index in [-0.39, 0.29) is 17.2 Å². The molecule has 0 bridgehead atoms. The highest BCUT2D eigenvalue weighted by Gasteiger charge is 2.27. The van der Waals surface area contributed by atoms with E-state index in [1.54, 1.807) is 4.68 Å². The number of rotatable bonds is 3. The third-order valence-electron chi connectivity index (χ3n) is 4.29. The van der Waals surface area contributed by atoms with E-state index in [9.17, 15) is 4.79 Å². The normalized spacial score (nSPS) is 15.3. The molecule has 1 N–H and O–H groups in total. The van der Waals surface area contributed by atoms with Crippen molar-refractivity contribution in [1.82, 2.24) is 9.78 Å². The fourth-order valence-electron chi connectivity index (χ4n) is 2.54. The zero-order valence-electron chi connectivity index (χ0n) is 13.8. The molecule has 23 heavy (non-hydrogen) atoms. The monoisotopic (exact) mass is 331 g/mol. The maximum atomic E-state index is 12.3. The van der Waals surface area contributed by atoms with Crippen molar-refractivity contribution in [2.45, 2.75) is 45.4 Å². The molecule has 0 atom stereocenters. The summed E-state index contributed by atoms with van der Waals surface area (Å²) in [5.74, 6) is 0.882. The molecule has 1 aliphatic rings. The van der Waals surface area contributed by atoms with E-state index in [0.29, 0.717) is 10.8 Å². The van der Waals surface area contributed by atoms with Gasteiger partial charge in [-0.15, -0.1) is 0 Å². The van der Waals surface area contributed by atoms with Crippen LogP contribution in [0.5, 0.6) is 0 Å². The number of para-hydroxylation sites is 1. The highest BCUT2D eigenvalue weighted by Crippen LogP contribution is 2.31. The molecule has 0 aliphatic heterocycles. The summed E-state index contributed by atoms with van der Waals surface area (Å²) >= 11 is 6.32. The average Bonchev–Trinajstić information content (AvgIpc) is 2.81. The van der Waals surface area contributed by atoms with E-state index in [2.05, 4.69) is 31.2 Å². The molecule has 0 radical (unpaired) electrons. The number of aromatic nitrogens is 2. The molecule has 0 spiro atoms. The molecule has 1 fully saturated rings. The van der Waals surface area contributed by atoms with Crippen molar-refractivity contribution in [3.8, 4) is 5.69 Å². The first kappa shape index (κ1) is 16.1. The van der Waals surface area contributed by atoms with E-state index in [4.69, 9.17) is 11.6 Å². The molecule has 5 heteroatoms. The van der Waals surface area contributed by atoms with Crippen LogP contribution in [-0.2, 0) is 10.2 Å². The molecule has 1 heterocycles. The van der Waals surface area contributed by atoms with Gasteiger partial charge in [-0.1, -0.05) is 50.9 Å². The van der Waals surface area contributed by atoms with Crippen molar-refractivity contribution >= 4 is 23.3 Å². The zero-order valence-corrected chi connectivity index (χ0v) is 14.5. The van der Waals surface area contributed by atoms with Crippen molar-refractivity contribution in [2.24, 2.45) is 5.92 Å². The predicted molar refractivity (Wildman–Crippen MR) is 93.2 cm³/mol. The molecular formula is C18H22ClN3O. The van der Waals surface area contributed by atoms with Crippen molar-refractivity contribution < 1.29 is 4.79 Å². The van der Waals surface area contributed by atoms with Gasteiger partial charge in [-0.2, -0.15) is 5.10 Å². The van der Waals surface area contributed by atoms with Crippen LogP contribution in [0.25, 0.3) is 5.69 Å². The second-order valence-electron chi connectivity index (χ2n) is 7.15. The number of hydrogen-bond acceptors (Lipinski definition) is 2. The smallest absolute Gasteiger partial charge is 0.228 e. The van der Waals surface area contributed by atoms with E-state index >= 15 is 0 Å². The van der Waals surface area contributed by atoms with Crippen LogP contribution in [0.1, 0.15) is 45.7 Å². The van der Waals surface area contributed by atoms with Crippen molar-refractivity contribution in [3.63, 3.8) is 0 Å². The summed E-state index contributed by atoms with van der Waals surface area (Å²) in [6.07, 6.45) is 3.07. The second kappa shape index (κ2) is 6.00. The Balaban J connectivity index is 2.00. The summed E-state index contributed by atoms with van der Waals surface area (Å²) in [6, 6.07) is 9.47. The Morgan fingerprint density at radius 2 is 2.00 bits per heavy atom. The van der Waals surface area contributed by atoms with Gasteiger partial charge in [0.05, 0.1) is 16.4 Å². The van der Waals surface area contributed by atoms with Crippen LogP contribution in [-0.4, -0.2) is 15.7 Å². The van der Waals surface area contributed by atoms with E-state index in [1.807, 2.05) is 30.3 Å². The molecule has 1 aromatic carbocycles. The molecule has 1 saturated carbocycles. The Labute approximate surface area is 141 Å². The van der Waals surface area contributed by atoms with Crippen LogP contribution in [0.15, 0.2) is 30.3 Å². The van der Waals surface area contributed by atoms with Crippen LogP contribution >= 0.6 is 11.6 Å². The van der Waals surface area contributed by atoms with Gasteiger partial charge >= 0.3 is 0 Å². The Morgan fingerprint density at radius 1 is 1.30 bits per heavy atom. The third kappa shape index (κ3) is 3.27. The van der Waals surface area contributed by atoms with Gasteiger partial charge in [0, 0.05) is 17.4 Å². The molecule has 122 valence electrons. The average molecular weight is 332 g/mol. The molecule has 4 nitrogen and oxygen atoms in total. The van der Waals surface area contributed by atoms with Gasteiger partial charge in [-0.05, 0) is 25.0 Å². The Bertz CT molecular complexity index is 726. The number of hydrogen-bond donors (Lipinski definition) is 1. The molecule has 0 saturated heterocycles. The molecule has 1 aromatic heterocycles. The molecule has 0 unspecified atom stereocenters. The van der Waals surface area contributed by atoms with Crippen LogP contribution in [0.4, 0.5) is 5.82 Å². The summed E-state index contributed by atoms with van der Waals surface area (Å²) < 4.78 is 1.74. The van der Waals surface area contributed by atoms with Gasteiger partial charge in [0.15, 0.2) is 0 Å². The highest BCUT2D eigenvalue weighted by atomic mass is 35.5. The van der Waals surface area contributed by atoms with E-state index < -0.39 is 0 Å². The Kier molecular flexibility index (Phi) is 4.19. The van der Waals surface area contributed by atoms with Crippen LogP contribution in [0, 0.1) is 5.92 Å². The summed E-state index contributed by atoms with van der Waals surface area (Å²) in [5, 5.41) is 8.33. The molecule has 2 aromatic rings. The third-order valence-corrected chi connectivity index (χ3v) is 4.61. The van der Waals surface area contributed by atoms with Crippen molar-refractivity contribution in [1.29, 1.82) is 0 Å². The van der Waals surface area contributed by atoms with Gasteiger partial charge in [-0.25, -0.2) is 4.68 Å². The number of carbonyl (C=O) groups is 1. The number of amides is 1. The van der Waals surface area contributed by atoms with E-state index in [1.165, 1.54) is 0 Å². The summed E-state index contributed by atoms with van der Waals surface area (Å²) in [7, 11) is 0. The molecular weight excluding hydrogens is 310 g/mol. The lowest BCUT2D eigenvalue weighted by Gasteiger charge is -2.24. The minimum atomic E-state index is -0.109. The number of anilines is 1. The fraction of sp³-hybridized carbons (Fsp3) is 0.444. The minimum absolute atomic E-state index is 0.0740.